The molecule has 0 bridgehead atoms. The van der Waals surface area contributed by atoms with Crippen molar-refractivity contribution in [1.29, 1.82) is 0 Å². The first kappa shape index (κ1) is 19.9. The number of pyridine rings is 1. The summed E-state index contributed by atoms with van der Waals surface area (Å²) < 4.78 is 17.3. The molecule has 1 saturated heterocycles. The molecule has 4 rings (SSSR count). The Morgan fingerprint density at radius 3 is 2.59 bits per heavy atom. The largest absolute Gasteiger partial charge is 0.477 e. The van der Waals surface area contributed by atoms with E-state index in [0.29, 0.717) is 23.2 Å². The maximum Gasteiger partial charge on any atom is 0.341 e. The van der Waals surface area contributed by atoms with Gasteiger partial charge in [0.2, 0.25) is 5.43 Å². The summed E-state index contributed by atoms with van der Waals surface area (Å²) in [7, 11) is 4.12. The number of aryl methyl sites for hydroxylation is 1. The predicted molar refractivity (Wildman–Crippen MR) is 112 cm³/mol. The minimum atomic E-state index is -1.27. The number of nitrogens with zero attached hydrogens (tertiary/aromatic N) is 3. The maximum absolute atomic E-state index is 15.4. The summed E-state index contributed by atoms with van der Waals surface area (Å²) >= 11 is 0. The molecule has 0 spiro atoms. The molecule has 0 amide bonds. The van der Waals surface area contributed by atoms with Crippen LogP contribution in [0.1, 0.15) is 48.1 Å². The zero-order chi connectivity index (χ0) is 21.0. The summed E-state index contributed by atoms with van der Waals surface area (Å²) in [5, 5.41) is 9.64. The SMILES string of the molecule is Cc1c(F)c(N2CC[C@@H]([C@@H](C)N(C)C)C2)cc2c1c(=O)c(C(=O)O)cn2C1CC1. The second-order valence-electron chi connectivity index (χ2n) is 8.74. The Morgan fingerprint density at radius 1 is 1.31 bits per heavy atom. The van der Waals surface area contributed by atoms with Crippen LogP contribution < -0.4 is 10.3 Å². The number of fused-ring (bicyclic) bond motifs is 1. The van der Waals surface area contributed by atoms with Crippen molar-refractivity contribution in [3.05, 3.63) is 39.4 Å². The second-order valence-corrected chi connectivity index (χ2v) is 8.74. The molecule has 2 heterocycles. The van der Waals surface area contributed by atoms with Gasteiger partial charge in [0.05, 0.1) is 16.6 Å². The molecule has 7 heteroatoms. The van der Waals surface area contributed by atoms with Crippen molar-refractivity contribution in [3.63, 3.8) is 0 Å². The van der Waals surface area contributed by atoms with E-state index >= 15 is 4.39 Å². The first-order valence-corrected chi connectivity index (χ1v) is 10.2. The minimum absolute atomic E-state index is 0.175. The van der Waals surface area contributed by atoms with E-state index < -0.39 is 17.2 Å². The number of carboxylic acid groups (broad SMARTS) is 1. The van der Waals surface area contributed by atoms with Gasteiger partial charge >= 0.3 is 5.97 Å². The average molecular weight is 401 g/mol. The first-order valence-electron chi connectivity index (χ1n) is 10.2. The van der Waals surface area contributed by atoms with Crippen molar-refractivity contribution in [2.45, 2.75) is 45.2 Å². The highest BCUT2D eigenvalue weighted by Gasteiger charge is 2.32. The Morgan fingerprint density at radius 2 is 2.00 bits per heavy atom. The molecule has 1 N–H and O–H groups in total. The topological polar surface area (TPSA) is 65.8 Å². The van der Waals surface area contributed by atoms with Crippen LogP contribution in [-0.4, -0.2) is 53.8 Å². The number of halogens is 1. The average Bonchev–Trinajstić information content (AvgIpc) is 3.39. The zero-order valence-electron chi connectivity index (χ0n) is 17.4. The molecule has 1 aromatic heterocycles. The van der Waals surface area contributed by atoms with Crippen molar-refractivity contribution >= 4 is 22.6 Å². The molecular weight excluding hydrogens is 373 g/mol. The minimum Gasteiger partial charge on any atom is -0.477 e. The lowest BCUT2D eigenvalue weighted by molar-refractivity contribution is 0.0695. The van der Waals surface area contributed by atoms with Crippen LogP contribution in [0.25, 0.3) is 10.9 Å². The fourth-order valence-corrected chi connectivity index (χ4v) is 4.51. The van der Waals surface area contributed by atoms with Gasteiger partial charge in [0.1, 0.15) is 11.4 Å². The number of hydrogen-bond acceptors (Lipinski definition) is 4. The Bertz CT molecular complexity index is 1040. The molecule has 1 aliphatic heterocycles. The molecule has 1 aliphatic carbocycles. The highest BCUT2D eigenvalue weighted by Crippen LogP contribution is 2.40. The van der Waals surface area contributed by atoms with Crippen LogP contribution in [0.5, 0.6) is 0 Å². The standard InChI is InChI=1S/C22H28FN3O3/c1-12-19-17(26(15-5-6-15)11-16(21(19)27)22(28)29)9-18(20(12)23)25-8-7-14(10-25)13(2)24(3)4/h9,11,13-15H,5-8,10H2,1-4H3,(H,28,29)/t13-,14-/m1/s1. The number of benzene rings is 1. The normalized spacial score (nSPS) is 20.6. The number of anilines is 1. The summed E-state index contributed by atoms with van der Waals surface area (Å²) in [5.41, 5.74) is 0.499. The van der Waals surface area contributed by atoms with Crippen LogP contribution in [0, 0.1) is 18.7 Å². The van der Waals surface area contributed by atoms with Crippen LogP contribution >= 0.6 is 0 Å². The molecule has 2 aliphatic rings. The number of rotatable bonds is 5. The number of aromatic nitrogens is 1. The molecule has 1 aromatic carbocycles. The molecule has 2 atom stereocenters. The quantitative estimate of drug-likeness (QED) is 0.833. The van der Waals surface area contributed by atoms with E-state index in [4.69, 9.17) is 0 Å². The van der Waals surface area contributed by atoms with Crippen molar-refractivity contribution in [2.24, 2.45) is 5.92 Å². The Kier molecular flexibility index (Phi) is 4.89. The second kappa shape index (κ2) is 7.13. The third-order valence-corrected chi connectivity index (χ3v) is 6.71. The van der Waals surface area contributed by atoms with E-state index in [1.54, 1.807) is 13.0 Å². The summed E-state index contributed by atoms with van der Waals surface area (Å²) in [6, 6.07) is 2.33. The lowest BCUT2D eigenvalue weighted by Gasteiger charge is -2.27. The molecular formula is C22H28FN3O3. The smallest absolute Gasteiger partial charge is 0.341 e. The van der Waals surface area contributed by atoms with Crippen LogP contribution in [0.2, 0.25) is 0 Å². The van der Waals surface area contributed by atoms with E-state index in [9.17, 15) is 14.7 Å². The first-order chi connectivity index (χ1) is 13.7. The van der Waals surface area contributed by atoms with E-state index in [1.165, 1.54) is 6.20 Å². The predicted octanol–water partition coefficient (Wildman–Crippen LogP) is 3.26. The molecule has 29 heavy (non-hydrogen) atoms. The number of hydrogen-bond donors (Lipinski definition) is 1. The molecule has 6 nitrogen and oxygen atoms in total. The lowest BCUT2D eigenvalue weighted by atomic mass is 10.00. The summed E-state index contributed by atoms with van der Waals surface area (Å²) in [6.07, 6.45) is 4.31. The van der Waals surface area contributed by atoms with Crippen LogP contribution in [0.3, 0.4) is 0 Å². The van der Waals surface area contributed by atoms with E-state index in [2.05, 4.69) is 30.8 Å². The van der Waals surface area contributed by atoms with Gasteiger partial charge in [-0.2, -0.15) is 0 Å². The Balaban J connectivity index is 1.85. The van der Waals surface area contributed by atoms with Gasteiger partial charge in [-0.05, 0) is 59.2 Å². The van der Waals surface area contributed by atoms with E-state index in [1.807, 2.05) is 4.57 Å². The van der Waals surface area contributed by atoms with Gasteiger partial charge in [-0.1, -0.05) is 0 Å². The van der Waals surface area contributed by atoms with Crippen LogP contribution in [-0.2, 0) is 0 Å². The van der Waals surface area contributed by atoms with Crippen molar-refractivity contribution in [1.82, 2.24) is 9.47 Å². The fourth-order valence-electron chi connectivity index (χ4n) is 4.51. The van der Waals surface area contributed by atoms with Gasteiger partial charge in [-0.3, -0.25) is 4.79 Å². The molecule has 0 radical (unpaired) electrons. The van der Waals surface area contributed by atoms with E-state index in [0.717, 1.165) is 32.4 Å². The van der Waals surface area contributed by atoms with Crippen molar-refractivity contribution in [3.8, 4) is 0 Å². The van der Waals surface area contributed by atoms with Gasteiger partial charge in [0.15, 0.2) is 0 Å². The molecule has 2 fully saturated rings. The number of carboxylic acids is 1. The van der Waals surface area contributed by atoms with Crippen molar-refractivity contribution < 1.29 is 14.3 Å². The van der Waals surface area contributed by atoms with Crippen LogP contribution in [0.15, 0.2) is 17.1 Å². The van der Waals surface area contributed by atoms with Gasteiger partial charge < -0.3 is 19.5 Å². The maximum atomic E-state index is 15.4. The van der Waals surface area contributed by atoms with Gasteiger partial charge in [0.25, 0.3) is 0 Å². The monoisotopic (exact) mass is 401 g/mol. The van der Waals surface area contributed by atoms with Crippen LogP contribution in [0.4, 0.5) is 10.1 Å². The number of carbonyl (C=O) groups is 1. The molecule has 2 aromatic rings. The molecule has 1 saturated carbocycles. The fraction of sp³-hybridized carbons (Fsp3) is 0.545. The third kappa shape index (κ3) is 3.31. The molecule has 156 valence electrons. The van der Waals surface area contributed by atoms with Gasteiger partial charge in [0, 0.05) is 36.9 Å². The third-order valence-electron chi connectivity index (χ3n) is 6.71. The summed E-state index contributed by atoms with van der Waals surface area (Å²) in [5.74, 6) is -1.24. The van der Waals surface area contributed by atoms with Gasteiger partial charge in [-0.25, -0.2) is 9.18 Å². The lowest BCUT2D eigenvalue weighted by Crippen LogP contribution is -2.34. The highest BCUT2D eigenvalue weighted by atomic mass is 19.1. The van der Waals surface area contributed by atoms with Crippen molar-refractivity contribution in [2.75, 3.05) is 32.1 Å². The summed E-state index contributed by atoms with van der Waals surface area (Å²) in [4.78, 5) is 28.6. The molecule has 0 unspecified atom stereocenters. The highest BCUT2D eigenvalue weighted by molar-refractivity contribution is 5.95. The Hall–Kier alpha value is -2.41. The number of aromatic carboxylic acids is 1. The van der Waals surface area contributed by atoms with Gasteiger partial charge in [-0.15, -0.1) is 0 Å². The summed E-state index contributed by atoms with van der Waals surface area (Å²) in [6.45, 7) is 5.31. The zero-order valence-corrected chi connectivity index (χ0v) is 17.4. The van der Waals surface area contributed by atoms with E-state index in [-0.39, 0.29) is 22.6 Å². The Labute approximate surface area is 169 Å².